The predicted octanol–water partition coefficient (Wildman–Crippen LogP) is 3.52. The standard InChI is InChI=1S/C16H17NO2S/c1-13-7-5-6-10-15(13)17-16(18)20(19)12-11-14-8-3-2-4-9-14/h2-10H,11-12H2,1H3,(H,17,18). The molecule has 0 radical (unpaired) electrons. The smallest absolute Gasteiger partial charge is 0.313 e. The van der Waals surface area contributed by atoms with Gasteiger partial charge in [0.25, 0.3) is 0 Å². The number of aryl methyl sites for hydroxylation is 2. The van der Waals surface area contributed by atoms with Gasteiger partial charge in [0.15, 0.2) is 0 Å². The highest BCUT2D eigenvalue weighted by atomic mass is 32.2. The van der Waals surface area contributed by atoms with E-state index in [0.717, 1.165) is 11.1 Å². The maximum atomic E-state index is 11.9. The van der Waals surface area contributed by atoms with Crippen molar-refractivity contribution in [2.75, 3.05) is 11.1 Å². The summed E-state index contributed by atoms with van der Waals surface area (Å²) < 4.78 is 11.9. The normalized spacial score (nSPS) is 11.8. The van der Waals surface area contributed by atoms with Crippen LogP contribution in [0.2, 0.25) is 0 Å². The summed E-state index contributed by atoms with van der Waals surface area (Å²) in [5.74, 6) is 0.335. The van der Waals surface area contributed by atoms with E-state index in [-0.39, 0.29) is 0 Å². The lowest BCUT2D eigenvalue weighted by molar-refractivity contribution is 0.269. The lowest BCUT2D eigenvalue weighted by Gasteiger charge is -2.07. The number of carbonyl (C=O) groups excluding carboxylic acids is 1. The highest BCUT2D eigenvalue weighted by Gasteiger charge is 2.12. The number of hydrogen-bond acceptors (Lipinski definition) is 2. The Bertz CT molecular complexity index is 611. The molecule has 0 fully saturated rings. The summed E-state index contributed by atoms with van der Waals surface area (Å²) in [7, 11) is -1.52. The van der Waals surface area contributed by atoms with Crippen molar-refractivity contribution >= 4 is 21.7 Å². The van der Waals surface area contributed by atoms with Crippen LogP contribution in [0.15, 0.2) is 54.6 Å². The fraction of sp³-hybridized carbons (Fsp3) is 0.188. The number of nitrogens with one attached hydrogen (secondary N) is 1. The third kappa shape index (κ3) is 4.03. The summed E-state index contributed by atoms with van der Waals surface area (Å²) in [6, 6.07) is 17.2. The molecule has 0 aromatic heterocycles. The third-order valence-electron chi connectivity index (χ3n) is 3.01. The van der Waals surface area contributed by atoms with Crippen molar-refractivity contribution in [3.8, 4) is 0 Å². The van der Waals surface area contributed by atoms with Crippen LogP contribution in [0.5, 0.6) is 0 Å². The number of rotatable bonds is 4. The lowest BCUT2D eigenvalue weighted by atomic mass is 10.2. The zero-order chi connectivity index (χ0) is 14.4. The van der Waals surface area contributed by atoms with Gasteiger partial charge in [-0.3, -0.25) is 4.79 Å². The van der Waals surface area contributed by atoms with Crippen LogP contribution < -0.4 is 5.32 Å². The molecule has 0 bridgehead atoms. The van der Waals surface area contributed by atoms with Gasteiger partial charge in [0.05, 0.1) is 0 Å². The Morgan fingerprint density at radius 1 is 1.05 bits per heavy atom. The Labute approximate surface area is 121 Å². The Balaban J connectivity index is 1.90. The van der Waals surface area contributed by atoms with Crippen molar-refractivity contribution in [1.29, 1.82) is 0 Å². The minimum atomic E-state index is -1.52. The Hall–Kier alpha value is -1.94. The van der Waals surface area contributed by atoms with Gasteiger partial charge in [-0.1, -0.05) is 48.5 Å². The molecule has 1 N–H and O–H groups in total. The van der Waals surface area contributed by atoms with Gasteiger partial charge in [-0.2, -0.15) is 0 Å². The van der Waals surface area contributed by atoms with Gasteiger partial charge >= 0.3 is 5.24 Å². The van der Waals surface area contributed by atoms with E-state index in [1.807, 2.05) is 61.5 Å². The van der Waals surface area contributed by atoms with Gasteiger partial charge in [-0.25, -0.2) is 4.21 Å². The molecule has 0 heterocycles. The maximum Gasteiger partial charge on any atom is 0.313 e. The van der Waals surface area contributed by atoms with Crippen LogP contribution in [0.25, 0.3) is 0 Å². The number of benzene rings is 2. The molecule has 0 spiro atoms. The molecule has 1 unspecified atom stereocenters. The van der Waals surface area contributed by atoms with Crippen LogP contribution in [0.3, 0.4) is 0 Å². The van der Waals surface area contributed by atoms with Gasteiger partial charge in [-0.05, 0) is 30.5 Å². The molecule has 2 aromatic rings. The van der Waals surface area contributed by atoms with Gasteiger partial charge in [0, 0.05) is 11.4 Å². The summed E-state index contributed by atoms with van der Waals surface area (Å²) in [5, 5.41) is 2.27. The van der Waals surface area contributed by atoms with Crippen LogP contribution in [-0.2, 0) is 17.2 Å². The Morgan fingerprint density at radius 3 is 2.40 bits per heavy atom. The van der Waals surface area contributed by atoms with Crippen LogP contribution in [-0.4, -0.2) is 15.2 Å². The van der Waals surface area contributed by atoms with E-state index in [2.05, 4.69) is 5.32 Å². The third-order valence-corrected chi connectivity index (χ3v) is 4.10. The minimum Gasteiger partial charge on any atom is -0.315 e. The van der Waals surface area contributed by atoms with Gasteiger partial charge in [0.1, 0.15) is 10.8 Å². The second-order valence-corrected chi connectivity index (χ2v) is 5.98. The number of para-hydroxylation sites is 1. The molecule has 104 valence electrons. The summed E-state index contributed by atoms with van der Waals surface area (Å²) in [4.78, 5) is 11.9. The molecule has 2 rings (SSSR count). The number of carbonyl (C=O) groups is 1. The maximum absolute atomic E-state index is 11.9. The van der Waals surface area contributed by atoms with Gasteiger partial charge in [-0.15, -0.1) is 0 Å². The molecule has 20 heavy (non-hydrogen) atoms. The van der Waals surface area contributed by atoms with Crippen molar-refractivity contribution < 1.29 is 9.00 Å². The largest absolute Gasteiger partial charge is 0.315 e. The Kier molecular flexibility index (Phi) is 5.07. The van der Waals surface area contributed by atoms with Crippen LogP contribution in [0.4, 0.5) is 10.5 Å². The van der Waals surface area contributed by atoms with E-state index in [0.29, 0.717) is 17.9 Å². The molecule has 0 aliphatic carbocycles. The summed E-state index contributed by atoms with van der Waals surface area (Å²) >= 11 is 0. The molecule has 0 aliphatic rings. The monoisotopic (exact) mass is 287 g/mol. The molecule has 3 nitrogen and oxygen atoms in total. The Morgan fingerprint density at radius 2 is 1.70 bits per heavy atom. The minimum absolute atomic E-state index is 0.335. The average molecular weight is 287 g/mol. The molecule has 0 saturated heterocycles. The van der Waals surface area contributed by atoms with Gasteiger partial charge < -0.3 is 5.32 Å². The highest BCUT2D eigenvalue weighted by molar-refractivity contribution is 8.00. The fourth-order valence-corrected chi connectivity index (χ4v) is 2.66. The van der Waals surface area contributed by atoms with E-state index >= 15 is 0 Å². The summed E-state index contributed by atoms with van der Waals surface area (Å²) in [6.07, 6.45) is 0.634. The molecule has 1 amide bonds. The molecular formula is C16H17NO2S. The first-order valence-corrected chi connectivity index (χ1v) is 7.77. The second-order valence-electron chi connectivity index (χ2n) is 4.51. The van der Waals surface area contributed by atoms with Crippen LogP contribution in [0.1, 0.15) is 11.1 Å². The SMILES string of the molecule is Cc1ccccc1NC(=O)S(=O)CCc1ccccc1. The summed E-state index contributed by atoms with van der Waals surface area (Å²) in [6.45, 7) is 1.91. The number of hydrogen-bond donors (Lipinski definition) is 1. The van der Waals surface area contributed by atoms with Crippen molar-refractivity contribution in [3.63, 3.8) is 0 Å². The molecular weight excluding hydrogens is 270 g/mol. The number of amides is 1. The van der Waals surface area contributed by atoms with Crippen LogP contribution in [0, 0.1) is 6.92 Å². The zero-order valence-electron chi connectivity index (χ0n) is 11.3. The van der Waals surface area contributed by atoms with Crippen molar-refractivity contribution in [3.05, 3.63) is 65.7 Å². The van der Waals surface area contributed by atoms with Crippen molar-refractivity contribution in [2.24, 2.45) is 0 Å². The predicted molar refractivity (Wildman–Crippen MR) is 83.4 cm³/mol. The quantitative estimate of drug-likeness (QED) is 0.935. The van der Waals surface area contributed by atoms with E-state index < -0.39 is 16.0 Å². The lowest BCUT2D eigenvalue weighted by Crippen LogP contribution is -2.19. The van der Waals surface area contributed by atoms with Gasteiger partial charge in [0.2, 0.25) is 0 Å². The topological polar surface area (TPSA) is 46.2 Å². The van der Waals surface area contributed by atoms with E-state index in [4.69, 9.17) is 0 Å². The molecule has 4 heteroatoms. The van der Waals surface area contributed by atoms with Crippen LogP contribution >= 0.6 is 0 Å². The van der Waals surface area contributed by atoms with E-state index in [1.165, 1.54) is 0 Å². The fourth-order valence-electron chi connectivity index (χ4n) is 1.83. The molecule has 0 saturated carbocycles. The van der Waals surface area contributed by atoms with Crippen molar-refractivity contribution in [1.82, 2.24) is 0 Å². The molecule has 0 aliphatic heterocycles. The first kappa shape index (κ1) is 14.5. The average Bonchev–Trinajstić information content (AvgIpc) is 2.48. The van der Waals surface area contributed by atoms with Crippen molar-refractivity contribution in [2.45, 2.75) is 13.3 Å². The van der Waals surface area contributed by atoms with E-state index in [1.54, 1.807) is 0 Å². The van der Waals surface area contributed by atoms with E-state index in [9.17, 15) is 9.00 Å². The zero-order valence-corrected chi connectivity index (χ0v) is 12.2. The number of anilines is 1. The first-order valence-electron chi connectivity index (χ1n) is 6.46. The molecule has 1 atom stereocenters. The summed E-state index contributed by atoms with van der Waals surface area (Å²) in [5.41, 5.74) is 2.76. The second kappa shape index (κ2) is 7.01. The molecule has 2 aromatic carbocycles. The highest BCUT2D eigenvalue weighted by Crippen LogP contribution is 2.14. The first-order chi connectivity index (χ1) is 9.66.